The predicted molar refractivity (Wildman–Crippen MR) is 65.7 cm³/mol. The molecule has 1 saturated heterocycles. The van der Waals surface area contributed by atoms with E-state index in [1.807, 2.05) is 0 Å². The first-order chi connectivity index (χ1) is 8.06. The van der Waals surface area contributed by atoms with E-state index in [1.165, 1.54) is 7.11 Å². The molecule has 0 spiro atoms. The Hall–Kier alpha value is -0.650. The number of ether oxygens (including phenoxy) is 2. The Morgan fingerprint density at radius 3 is 2.65 bits per heavy atom. The molecule has 17 heavy (non-hydrogen) atoms. The molecule has 0 aromatic carbocycles. The number of carbonyl (C=O) groups is 1. The lowest BCUT2D eigenvalue weighted by Crippen LogP contribution is -2.45. The molecule has 0 saturated carbocycles. The summed E-state index contributed by atoms with van der Waals surface area (Å²) in [4.78, 5) is 13.7. The van der Waals surface area contributed by atoms with Crippen LogP contribution in [0.15, 0.2) is 0 Å². The highest BCUT2D eigenvalue weighted by molar-refractivity contribution is 5.79. The van der Waals surface area contributed by atoms with E-state index in [-0.39, 0.29) is 5.97 Å². The number of hydrogen-bond acceptors (Lipinski definition) is 5. The molecule has 100 valence electrons. The van der Waals surface area contributed by atoms with Gasteiger partial charge in [-0.05, 0) is 32.7 Å². The lowest BCUT2D eigenvalue weighted by atomic mass is 9.96. The zero-order valence-electron chi connectivity index (χ0n) is 10.9. The van der Waals surface area contributed by atoms with Gasteiger partial charge in [-0.1, -0.05) is 0 Å². The van der Waals surface area contributed by atoms with Gasteiger partial charge in [0.05, 0.1) is 20.3 Å². The van der Waals surface area contributed by atoms with Gasteiger partial charge in [0.25, 0.3) is 0 Å². The van der Waals surface area contributed by atoms with Crippen molar-refractivity contribution in [3.63, 3.8) is 0 Å². The van der Waals surface area contributed by atoms with Gasteiger partial charge in [-0.15, -0.1) is 0 Å². The molecular weight excluding hydrogens is 220 g/mol. The number of unbranched alkanes of at least 4 members (excludes halogenated alkanes) is 1. The summed E-state index contributed by atoms with van der Waals surface area (Å²) in [6.45, 7) is 6.47. The van der Waals surface area contributed by atoms with Crippen LogP contribution >= 0.6 is 0 Å². The van der Waals surface area contributed by atoms with Crippen molar-refractivity contribution < 1.29 is 14.3 Å². The summed E-state index contributed by atoms with van der Waals surface area (Å²) in [5.74, 6) is -0.330. The van der Waals surface area contributed by atoms with Crippen molar-refractivity contribution in [3.05, 3.63) is 0 Å². The monoisotopic (exact) mass is 244 g/mol. The van der Waals surface area contributed by atoms with Crippen LogP contribution in [-0.4, -0.2) is 56.4 Å². The van der Waals surface area contributed by atoms with E-state index in [2.05, 4.69) is 9.64 Å². The standard InChI is InChI=1S/C12H24N2O3/c1-12(13,11(15)16-2)5-3-4-6-14-7-9-17-10-8-14/h3-10,13H2,1-2H3. The van der Waals surface area contributed by atoms with Crippen LogP contribution < -0.4 is 5.73 Å². The van der Waals surface area contributed by atoms with Crippen molar-refractivity contribution in [3.8, 4) is 0 Å². The summed E-state index contributed by atoms with van der Waals surface area (Å²) in [7, 11) is 1.38. The van der Waals surface area contributed by atoms with E-state index in [1.54, 1.807) is 6.92 Å². The molecule has 0 aromatic rings. The van der Waals surface area contributed by atoms with Gasteiger partial charge in [-0.2, -0.15) is 0 Å². The molecule has 0 aliphatic carbocycles. The topological polar surface area (TPSA) is 64.8 Å². The molecule has 1 heterocycles. The average molecular weight is 244 g/mol. The van der Waals surface area contributed by atoms with E-state index in [0.29, 0.717) is 6.42 Å². The number of nitrogens with zero attached hydrogens (tertiary/aromatic N) is 1. The number of carbonyl (C=O) groups excluding carboxylic acids is 1. The highest BCUT2D eigenvalue weighted by atomic mass is 16.5. The van der Waals surface area contributed by atoms with Gasteiger partial charge in [-0.25, -0.2) is 0 Å². The molecule has 1 rings (SSSR count). The summed E-state index contributed by atoms with van der Waals surface area (Å²) in [5.41, 5.74) is 5.03. The first-order valence-electron chi connectivity index (χ1n) is 6.23. The minimum Gasteiger partial charge on any atom is -0.468 e. The fourth-order valence-electron chi connectivity index (χ4n) is 1.99. The Morgan fingerprint density at radius 1 is 1.41 bits per heavy atom. The molecule has 0 bridgehead atoms. The largest absolute Gasteiger partial charge is 0.468 e. The van der Waals surface area contributed by atoms with E-state index in [9.17, 15) is 4.79 Å². The number of nitrogens with two attached hydrogens (primary N) is 1. The number of methoxy groups -OCH3 is 1. The molecule has 1 aliphatic heterocycles. The van der Waals surface area contributed by atoms with Gasteiger partial charge in [0.1, 0.15) is 5.54 Å². The Labute approximate surface area is 103 Å². The van der Waals surface area contributed by atoms with Crippen molar-refractivity contribution in [1.29, 1.82) is 0 Å². The zero-order chi connectivity index (χ0) is 12.7. The van der Waals surface area contributed by atoms with Crippen molar-refractivity contribution in [2.45, 2.75) is 31.7 Å². The van der Waals surface area contributed by atoms with Crippen LogP contribution in [0, 0.1) is 0 Å². The van der Waals surface area contributed by atoms with Crippen LogP contribution in [0.4, 0.5) is 0 Å². The molecule has 0 aromatic heterocycles. The third kappa shape index (κ3) is 5.02. The van der Waals surface area contributed by atoms with Gasteiger partial charge in [0.2, 0.25) is 0 Å². The predicted octanol–water partition coefficient (Wildman–Crippen LogP) is 0.379. The van der Waals surface area contributed by atoms with Crippen LogP contribution in [0.25, 0.3) is 0 Å². The molecular formula is C12H24N2O3. The molecule has 1 fully saturated rings. The summed E-state index contributed by atoms with van der Waals surface area (Å²) < 4.78 is 9.95. The molecule has 2 N–H and O–H groups in total. The number of rotatable bonds is 6. The van der Waals surface area contributed by atoms with E-state index in [4.69, 9.17) is 10.5 Å². The van der Waals surface area contributed by atoms with Gasteiger partial charge in [0, 0.05) is 13.1 Å². The quantitative estimate of drug-likeness (QED) is 0.540. The average Bonchev–Trinajstić information content (AvgIpc) is 2.35. The van der Waals surface area contributed by atoms with Crippen molar-refractivity contribution in [2.24, 2.45) is 5.73 Å². The van der Waals surface area contributed by atoms with Crippen LogP contribution in [0.5, 0.6) is 0 Å². The second-order valence-corrected chi connectivity index (χ2v) is 4.82. The second kappa shape index (κ2) is 6.93. The minimum absolute atomic E-state index is 0.330. The molecule has 0 radical (unpaired) electrons. The molecule has 1 aliphatic rings. The van der Waals surface area contributed by atoms with Crippen molar-refractivity contribution in [1.82, 2.24) is 4.90 Å². The van der Waals surface area contributed by atoms with Crippen LogP contribution in [-0.2, 0) is 14.3 Å². The van der Waals surface area contributed by atoms with Crippen molar-refractivity contribution >= 4 is 5.97 Å². The SMILES string of the molecule is COC(=O)C(C)(N)CCCCN1CCOCC1. The third-order valence-corrected chi connectivity index (χ3v) is 3.18. The van der Waals surface area contributed by atoms with Gasteiger partial charge < -0.3 is 15.2 Å². The van der Waals surface area contributed by atoms with Gasteiger partial charge in [0.15, 0.2) is 0 Å². The summed E-state index contributed by atoms with van der Waals surface area (Å²) in [5, 5.41) is 0. The van der Waals surface area contributed by atoms with Gasteiger partial charge in [-0.3, -0.25) is 9.69 Å². The Balaban J connectivity index is 2.12. The lowest BCUT2D eigenvalue weighted by molar-refractivity contribution is -0.146. The first-order valence-corrected chi connectivity index (χ1v) is 6.23. The maximum atomic E-state index is 11.4. The normalized spacial score (nSPS) is 20.9. The Morgan fingerprint density at radius 2 is 2.06 bits per heavy atom. The first kappa shape index (κ1) is 14.4. The number of esters is 1. The second-order valence-electron chi connectivity index (χ2n) is 4.82. The smallest absolute Gasteiger partial charge is 0.325 e. The summed E-state index contributed by atoms with van der Waals surface area (Å²) in [6, 6.07) is 0. The minimum atomic E-state index is -0.847. The number of hydrogen-bond donors (Lipinski definition) is 1. The van der Waals surface area contributed by atoms with E-state index < -0.39 is 5.54 Å². The maximum Gasteiger partial charge on any atom is 0.325 e. The molecule has 1 unspecified atom stereocenters. The van der Waals surface area contributed by atoms with E-state index >= 15 is 0 Å². The maximum absolute atomic E-state index is 11.4. The van der Waals surface area contributed by atoms with Crippen LogP contribution in [0.3, 0.4) is 0 Å². The fourth-order valence-corrected chi connectivity index (χ4v) is 1.99. The Kier molecular flexibility index (Phi) is 5.88. The van der Waals surface area contributed by atoms with E-state index in [0.717, 1.165) is 45.7 Å². The van der Waals surface area contributed by atoms with Crippen LogP contribution in [0.2, 0.25) is 0 Å². The Bertz CT molecular complexity index is 238. The van der Waals surface area contributed by atoms with Crippen LogP contribution in [0.1, 0.15) is 26.2 Å². The molecule has 0 amide bonds. The fraction of sp³-hybridized carbons (Fsp3) is 0.917. The summed E-state index contributed by atoms with van der Waals surface area (Å²) >= 11 is 0. The van der Waals surface area contributed by atoms with Crippen molar-refractivity contribution in [2.75, 3.05) is 40.0 Å². The molecule has 5 nitrogen and oxygen atoms in total. The summed E-state index contributed by atoms with van der Waals surface area (Å²) in [6.07, 6.45) is 2.67. The number of morpholine rings is 1. The highest BCUT2D eigenvalue weighted by Gasteiger charge is 2.28. The molecule has 1 atom stereocenters. The highest BCUT2D eigenvalue weighted by Crippen LogP contribution is 2.13. The zero-order valence-corrected chi connectivity index (χ0v) is 10.9. The molecule has 5 heteroatoms. The third-order valence-electron chi connectivity index (χ3n) is 3.18. The lowest BCUT2D eigenvalue weighted by Gasteiger charge is -2.27. The van der Waals surface area contributed by atoms with Gasteiger partial charge >= 0.3 is 5.97 Å².